The molecule has 1 aliphatic rings. The number of rotatable bonds is 3. The molecule has 0 unspecified atom stereocenters. The van der Waals surface area contributed by atoms with Crippen molar-refractivity contribution in [1.82, 2.24) is 4.90 Å². The lowest BCUT2D eigenvalue weighted by atomic mass is 9.97. The van der Waals surface area contributed by atoms with Crippen molar-refractivity contribution in [3.63, 3.8) is 0 Å². The van der Waals surface area contributed by atoms with Gasteiger partial charge in [0, 0.05) is 25.2 Å². The Kier molecular flexibility index (Phi) is 3.74. The maximum Gasteiger partial charge on any atom is 0.133 e. The Morgan fingerprint density at radius 3 is 2.83 bits per heavy atom. The second kappa shape index (κ2) is 6.03. The van der Waals surface area contributed by atoms with Crippen LogP contribution in [-0.4, -0.2) is 16.6 Å². The van der Waals surface area contributed by atoms with Gasteiger partial charge in [-0.15, -0.1) is 0 Å². The average Bonchev–Trinajstić information content (AvgIpc) is 3.10. The predicted octanol–water partition coefficient (Wildman–Crippen LogP) is 4.00. The van der Waals surface area contributed by atoms with Crippen molar-refractivity contribution in [2.75, 3.05) is 6.54 Å². The minimum atomic E-state index is -0.409. The summed E-state index contributed by atoms with van der Waals surface area (Å²) in [6, 6.07) is 20.4. The van der Waals surface area contributed by atoms with Crippen molar-refractivity contribution in [1.29, 1.82) is 0 Å². The van der Waals surface area contributed by atoms with Crippen LogP contribution in [0.25, 0.3) is 11.3 Å². The van der Waals surface area contributed by atoms with Gasteiger partial charge < -0.3 is 9.52 Å². The lowest BCUT2D eigenvalue weighted by Crippen LogP contribution is -2.33. The minimum absolute atomic E-state index is 0.409. The fraction of sp³-hybridized carbons (Fsp3) is 0.200. The summed E-state index contributed by atoms with van der Waals surface area (Å²) in [5.41, 5.74) is 4.59. The molecular formula is C20H19NO2. The van der Waals surface area contributed by atoms with E-state index in [9.17, 15) is 5.11 Å². The minimum Gasteiger partial charge on any atom is -0.464 e. The quantitative estimate of drug-likeness (QED) is 0.794. The van der Waals surface area contributed by atoms with E-state index in [-0.39, 0.29) is 0 Å². The molecular weight excluding hydrogens is 286 g/mol. The predicted molar refractivity (Wildman–Crippen MR) is 89.7 cm³/mol. The van der Waals surface area contributed by atoms with Crippen molar-refractivity contribution >= 4 is 0 Å². The number of aliphatic hydroxyl groups is 1. The first-order valence-electron chi connectivity index (χ1n) is 7.90. The molecule has 1 aromatic heterocycles. The van der Waals surface area contributed by atoms with Gasteiger partial charge in [0.1, 0.15) is 5.76 Å². The van der Waals surface area contributed by atoms with Gasteiger partial charge in [0.05, 0.1) is 12.4 Å². The van der Waals surface area contributed by atoms with E-state index in [4.69, 9.17) is 4.42 Å². The van der Waals surface area contributed by atoms with E-state index >= 15 is 0 Å². The molecule has 3 nitrogen and oxygen atoms in total. The van der Waals surface area contributed by atoms with Crippen LogP contribution in [0.15, 0.2) is 71.3 Å². The number of hydrogen-bond donors (Lipinski definition) is 1. The fourth-order valence-electron chi connectivity index (χ4n) is 3.30. The SMILES string of the molecule is O[C@@H]1CN(Cc2cccc(-c3ccco3)c2)Cc2ccccc21. The Labute approximate surface area is 135 Å². The normalized spacial score (nSPS) is 17.9. The molecule has 2 heterocycles. The summed E-state index contributed by atoms with van der Waals surface area (Å²) in [4.78, 5) is 2.29. The summed E-state index contributed by atoms with van der Waals surface area (Å²) >= 11 is 0. The molecule has 0 saturated carbocycles. The molecule has 1 atom stereocenters. The van der Waals surface area contributed by atoms with Gasteiger partial charge in [0.2, 0.25) is 0 Å². The number of β-amino-alcohol motifs (C(OH)–C–C–N with tert-alkyl or cyclic N) is 1. The Morgan fingerprint density at radius 1 is 1.04 bits per heavy atom. The summed E-state index contributed by atoms with van der Waals surface area (Å²) in [6.07, 6.45) is 1.29. The second-order valence-corrected chi connectivity index (χ2v) is 6.06. The van der Waals surface area contributed by atoms with E-state index in [1.54, 1.807) is 6.26 Å². The van der Waals surface area contributed by atoms with Crippen molar-refractivity contribution in [3.05, 3.63) is 83.6 Å². The highest BCUT2D eigenvalue weighted by Crippen LogP contribution is 2.28. The van der Waals surface area contributed by atoms with Crippen LogP contribution >= 0.6 is 0 Å². The molecule has 0 spiro atoms. The third kappa shape index (κ3) is 2.93. The zero-order valence-electron chi connectivity index (χ0n) is 12.9. The van der Waals surface area contributed by atoms with Crippen LogP contribution in [0.4, 0.5) is 0 Å². The van der Waals surface area contributed by atoms with Gasteiger partial charge in [0.25, 0.3) is 0 Å². The van der Waals surface area contributed by atoms with Crippen LogP contribution in [0.2, 0.25) is 0 Å². The van der Waals surface area contributed by atoms with Crippen LogP contribution in [0.1, 0.15) is 22.8 Å². The molecule has 4 rings (SSSR count). The summed E-state index contributed by atoms with van der Waals surface area (Å²) < 4.78 is 5.47. The smallest absolute Gasteiger partial charge is 0.133 e. The molecule has 116 valence electrons. The number of furan rings is 1. The Morgan fingerprint density at radius 2 is 1.96 bits per heavy atom. The molecule has 0 radical (unpaired) electrons. The van der Waals surface area contributed by atoms with Crippen LogP contribution in [-0.2, 0) is 13.1 Å². The average molecular weight is 305 g/mol. The van der Waals surface area contributed by atoms with E-state index in [1.807, 2.05) is 30.3 Å². The highest BCUT2D eigenvalue weighted by Gasteiger charge is 2.23. The molecule has 2 aromatic carbocycles. The van der Waals surface area contributed by atoms with E-state index < -0.39 is 6.10 Å². The number of benzene rings is 2. The first kappa shape index (κ1) is 14.2. The summed E-state index contributed by atoms with van der Waals surface area (Å²) in [5, 5.41) is 10.4. The molecule has 0 amide bonds. The molecule has 0 aliphatic carbocycles. The highest BCUT2D eigenvalue weighted by atomic mass is 16.3. The second-order valence-electron chi connectivity index (χ2n) is 6.06. The van der Waals surface area contributed by atoms with E-state index in [0.717, 1.165) is 30.0 Å². The van der Waals surface area contributed by atoms with Crippen LogP contribution < -0.4 is 0 Å². The molecule has 0 fully saturated rings. The van der Waals surface area contributed by atoms with Gasteiger partial charge in [-0.3, -0.25) is 4.90 Å². The van der Waals surface area contributed by atoms with Gasteiger partial charge in [0.15, 0.2) is 0 Å². The van der Waals surface area contributed by atoms with E-state index in [1.165, 1.54) is 11.1 Å². The number of nitrogens with zero attached hydrogens (tertiary/aromatic N) is 1. The molecule has 3 aromatic rings. The van der Waals surface area contributed by atoms with E-state index in [0.29, 0.717) is 6.54 Å². The van der Waals surface area contributed by atoms with Crippen molar-refractivity contribution in [2.24, 2.45) is 0 Å². The van der Waals surface area contributed by atoms with Gasteiger partial charge >= 0.3 is 0 Å². The monoisotopic (exact) mass is 305 g/mol. The zero-order valence-corrected chi connectivity index (χ0v) is 12.9. The molecule has 1 N–H and O–H groups in total. The van der Waals surface area contributed by atoms with Crippen molar-refractivity contribution in [2.45, 2.75) is 19.2 Å². The maximum atomic E-state index is 10.4. The standard InChI is InChI=1S/C20H19NO2/c22-19-14-21(13-17-6-1-2-8-18(17)19)12-15-5-3-7-16(11-15)20-9-4-10-23-20/h1-11,19,22H,12-14H2/t19-/m1/s1. The first-order valence-corrected chi connectivity index (χ1v) is 7.90. The summed E-state index contributed by atoms with van der Waals surface area (Å²) in [7, 11) is 0. The van der Waals surface area contributed by atoms with Gasteiger partial charge in [-0.25, -0.2) is 0 Å². The van der Waals surface area contributed by atoms with Gasteiger partial charge in [-0.1, -0.05) is 42.5 Å². The van der Waals surface area contributed by atoms with Crippen molar-refractivity contribution < 1.29 is 9.52 Å². The number of aliphatic hydroxyl groups excluding tert-OH is 1. The van der Waals surface area contributed by atoms with Crippen LogP contribution in [0, 0.1) is 0 Å². The summed E-state index contributed by atoms with van der Waals surface area (Å²) in [6.45, 7) is 2.36. The first-order chi connectivity index (χ1) is 11.3. The van der Waals surface area contributed by atoms with Gasteiger partial charge in [-0.2, -0.15) is 0 Å². The zero-order chi connectivity index (χ0) is 15.6. The fourth-order valence-corrected chi connectivity index (χ4v) is 3.30. The molecule has 1 aliphatic heterocycles. The molecule has 3 heteroatoms. The van der Waals surface area contributed by atoms with Crippen LogP contribution in [0.5, 0.6) is 0 Å². The lowest BCUT2D eigenvalue weighted by Gasteiger charge is -2.32. The number of fused-ring (bicyclic) bond motifs is 1. The Balaban J connectivity index is 1.54. The molecule has 0 saturated heterocycles. The molecule has 0 bridgehead atoms. The van der Waals surface area contributed by atoms with Gasteiger partial charge in [-0.05, 0) is 34.9 Å². The van der Waals surface area contributed by atoms with Crippen LogP contribution in [0.3, 0.4) is 0 Å². The molecule has 23 heavy (non-hydrogen) atoms. The third-order valence-corrected chi connectivity index (χ3v) is 4.38. The maximum absolute atomic E-state index is 10.4. The highest BCUT2D eigenvalue weighted by molar-refractivity contribution is 5.58. The van der Waals surface area contributed by atoms with E-state index in [2.05, 4.69) is 35.2 Å². The van der Waals surface area contributed by atoms with Crippen molar-refractivity contribution in [3.8, 4) is 11.3 Å². The third-order valence-electron chi connectivity index (χ3n) is 4.38. The Bertz CT molecular complexity index is 795. The number of hydrogen-bond acceptors (Lipinski definition) is 3. The lowest BCUT2D eigenvalue weighted by molar-refractivity contribution is 0.0882. The topological polar surface area (TPSA) is 36.6 Å². The summed E-state index contributed by atoms with van der Waals surface area (Å²) in [5.74, 6) is 0.885. The largest absolute Gasteiger partial charge is 0.464 e. The Hall–Kier alpha value is -2.36.